The lowest BCUT2D eigenvalue weighted by Gasteiger charge is -2.32. The van der Waals surface area contributed by atoms with E-state index in [-0.39, 0.29) is 17.3 Å². The molecule has 0 fully saturated rings. The lowest BCUT2D eigenvalue weighted by atomic mass is 10.1. The summed E-state index contributed by atoms with van der Waals surface area (Å²) in [6, 6.07) is 18.8. The van der Waals surface area contributed by atoms with Crippen molar-refractivity contribution < 1.29 is 18.0 Å². The highest BCUT2D eigenvalue weighted by Crippen LogP contribution is 2.26. The van der Waals surface area contributed by atoms with E-state index in [9.17, 15) is 18.0 Å². The Kier molecular flexibility index (Phi) is 10.2. The van der Waals surface area contributed by atoms with Crippen molar-refractivity contribution in [1.29, 1.82) is 0 Å². The van der Waals surface area contributed by atoms with Crippen molar-refractivity contribution >= 4 is 73.3 Å². The van der Waals surface area contributed by atoms with Gasteiger partial charge in [-0.25, -0.2) is 8.42 Å². The standard InChI is InChI=1S/C26H26Cl2IN3O4S/c1-3-30-26(34)18(2)31(16-19-9-14-23(27)24(28)15-19)25(33)17-32(21-12-10-20(29)11-13-21)37(35,36)22-7-5-4-6-8-22/h4-15,18H,3,16-17H2,1-2H3,(H,30,34)/t18-/m0/s1. The van der Waals surface area contributed by atoms with Gasteiger partial charge in [-0.2, -0.15) is 0 Å². The van der Waals surface area contributed by atoms with E-state index in [1.54, 1.807) is 74.5 Å². The van der Waals surface area contributed by atoms with Gasteiger partial charge in [0.2, 0.25) is 11.8 Å². The SMILES string of the molecule is CCNC(=O)[C@H](C)N(Cc1ccc(Cl)c(Cl)c1)C(=O)CN(c1ccc(I)cc1)S(=O)(=O)c1ccccc1. The summed E-state index contributed by atoms with van der Waals surface area (Å²) in [6.45, 7) is 3.28. The van der Waals surface area contributed by atoms with Gasteiger partial charge in [0.05, 0.1) is 20.6 Å². The van der Waals surface area contributed by atoms with Gasteiger partial charge in [0, 0.05) is 16.7 Å². The van der Waals surface area contributed by atoms with Gasteiger partial charge in [-0.1, -0.05) is 47.5 Å². The first kappa shape index (κ1) is 29.2. The topological polar surface area (TPSA) is 86.8 Å². The van der Waals surface area contributed by atoms with Crippen LogP contribution in [0.15, 0.2) is 77.7 Å². The average molecular weight is 674 g/mol. The summed E-state index contributed by atoms with van der Waals surface area (Å²) in [7, 11) is -4.09. The number of hydrogen-bond acceptors (Lipinski definition) is 4. The fraction of sp³-hybridized carbons (Fsp3) is 0.231. The quantitative estimate of drug-likeness (QED) is 0.294. The molecule has 0 aliphatic heterocycles. The Balaban J connectivity index is 2.02. The molecular formula is C26H26Cl2IN3O4S. The van der Waals surface area contributed by atoms with Crippen LogP contribution in [0.2, 0.25) is 10.0 Å². The first-order valence-electron chi connectivity index (χ1n) is 11.4. The minimum atomic E-state index is -4.09. The Morgan fingerprint density at radius 3 is 2.22 bits per heavy atom. The highest BCUT2D eigenvalue weighted by atomic mass is 127. The molecule has 0 aliphatic rings. The largest absolute Gasteiger partial charge is 0.355 e. The molecule has 196 valence electrons. The minimum absolute atomic E-state index is 0.0277. The fourth-order valence-electron chi connectivity index (χ4n) is 3.60. The zero-order chi connectivity index (χ0) is 27.2. The molecule has 0 aromatic heterocycles. The van der Waals surface area contributed by atoms with Gasteiger partial charge in [0.15, 0.2) is 0 Å². The molecule has 0 radical (unpaired) electrons. The van der Waals surface area contributed by atoms with Crippen LogP contribution in [0.4, 0.5) is 5.69 Å². The normalized spacial score (nSPS) is 12.0. The first-order chi connectivity index (χ1) is 17.5. The van der Waals surface area contributed by atoms with Crippen molar-refractivity contribution in [3.8, 4) is 0 Å². The molecule has 0 heterocycles. The molecule has 0 saturated heterocycles. The third kappa shape index (κ3) is 7.37. The molecule has 3 aromatic rings. The van der Waals surface area contributed by atoms with E-state index >= 15 is 0 Å². The van der Waals surface area contributed by atoms with Gasteiger partial charge >= 0.3 is 0 Å². The van der Waals surface area contributed by atoms with Crippen molar-refractivity contribution in [3.63, 3.8) is 0 Å². The van der Waals surface area contributed by atoms with E-state index in [0.29, 0.717) is 27.8 Å². The van der Waals surface area contributed by atoms with Gasteiger partial charge in [0.1, 0.15) is 12.6 Å². The van der Waals surface area contributed by atoms with Crippen LogP contribution in [0.1, 0.15) is 19.4 Å². The number of sulfonamides is 1. The number of likely N-dealkylation sites (N-methyl/N-ethyl adjacent to an activating group) is 1. The summed E-state index contributed by atoms with van der Waals surface area (Å²) in [4.78, 5) is 27.9. The molecule has 3 rings (SSSR count). The van der Waals surface area contributed by atoms with E-state index < -0.39 is 28.5 Å². The predicted octanol–water partition coefficient (Wildman–Crippen LogP) is 5.35. The molecule has 0 aliphatic carbocycles. The molecule has 7 nitrogen and oxygen atoms in total. The van der Waals surface area contributed by atoms with Gasteiger partial charge in [-0.3, -0.25) is 13.9 Å². The van der Waals surface area contributed by atoms with Gasteiger partial charge in [-0.15, -0.1) is 0 Å². The van der Waals surface area contributed by atoms with Gasteiger partial charge < -0.3 is 10.2 Å². The Morgan fingerprint density at radius 2 is 1.62 bits per heavy atom. The summed E-state index contributed by atoms with van der Waals surface area (Å²) in [5.41, 5.74) is 0.975. The van der Waals surface area contributed by atoms with Gasteiger partial charge in [0.25, 0.3) is 10.0 Å². The summed E-state index contributed by atoms with van der Waals surface area (Å²) >= 11 is 14.3. The van der Waals surface area contributed by atoms with Crippen LogP contribution in [0, 0.1) is 3.57 Å². The second-order valence-corrected chi connectivity index (χ2v) is 12.1. The first-order valence-corrected chi connectivity index (χ1v) is 14.7. The van der Waals surface area contributed by atoms with Crippen molar-refractivity contribution in [3.05, 3.63) is 92.0 Å². The maximum Gasteiger partial charge on any atom is 0.264 e. The zero-order valence-corrected chi connectivity index (χ0v) is 24.7. The van der Waals surface area contributed by atoms with Crippen molar-refractivity contribution in [2.75, 3.05) is 17.4 Å². The number of nitrogens with zero attached hydrogens (tertiary/aromatic N) is 2. The summed E-state index contributed by atoms with van der Waals surface area (Å²) in [5.74, 6) is -0.912. The molecule has 3 aromatic carbocycles. The maximum atomic E-state index is 13.8. The Labute approximate surface area is 240 Å². The lowest BCUT2D eigenvalue weighted by molar-refractivity contribution is -0.139. The Morgan fingerprint density at radius 1 is 0.973 bits per heavy atom. The minimum Gasteiger partial charge on any atom is -0.355 e. The van der Waals surface area contributed by atoms with E-state index in [1.165, 1.54) is 17.0 Å². The smallest absolute Gasteiger partial charge is 0.264 e. The predicted molar refractivity (Wildman–Crippen MR) is 155 cm³/mol. The van der Waals surface area contributed by atoms with Gasteiger partial charge in [-0.05, 0) is 90.5 Å². The molecule has 2 amide bonds. The van der Waals surface area contributed by atoms with E-state index in [1.807, 2.05) is 0 Å². The Hall–Kier alpha value is -2.34. The highest BCUT2D eigenvalue weighted by molar-refractivity contribution is 14.1. The number of carbonyl (C=O) groups excluding carboxylic acids is 2. The molecule has 0 bridgehead atoms. The van der Waals surface area contributed by atoms with E-state index in [0.717, 1.165) is 7.88 Å². The molecule has 0 spiro atoms. The molecule has 1 N–H and O–H groups in total. The van der Waals surface area contributed by atoms with Crippen LogP contribution in [0.3, 0.4) is 0 Å². The van der Waals surface area contributed by atoms with Crippen LogP contribution in [0.25, 0.3) is 0 Å². The number of carbonyl (C=O) groups is 2. The molecule has 1 atom stereocenters. The monoisotopic (exact) mass is 673 g/mol. The molecule has 11 heteroatoms. The number of nitrogens with one attached hydrogen (secondary N) is 1. The van der Waals surface area contributed by atoms with Crippen molar-refractivity contribution in [1.82, 2.24) is 10.2 Å². The zero-order valence-electron chi connectivity index (χ0n) is 20.2. The maximum absolute atomic E-state index is 13.8. The second-order valence-electron chi connectivity index (χ2n) is 8.14. The van der Waals surface area contributed by atoms with Crippen LogP contribution >= 0.6 is 45.8 Å². The summed E-state index contributed by atoms with van der Waals surface area (Å²) < 4.78 is 29.3. The van der Waals surface area contributed by atoms with E-state index in [4.69, 9.17) is 23.2 Å². The van der Waals surface area contributed by atoms with Crippen molar-refractivity contribution in [2.24, 2.45) is 0 Å². The molecule has 37 heavy (non-hydrogen) atoms. The highest BCUT2D eigenvalue weighted by Gasteiger charge is 2.32. The lowest BCUT2D eigenvalue weighted by Crippen LogP contribution is -2.51. The van der Waals surface area contributed by atoms with E-state index in [2.05, 4.69) is 27.9 Å². The third-order valence-corrected chi connectivity index (χ3v) is 8.83. The number of halogens is 3. The van der Waals surface area contributed by atoms with Crippen LogP contribution < -0.4 is 9.62 Å². The molecule has 0 saturated carbocycles. The fourth-order valence-corrected chi connectivity index (χ4v) is 5.71. The summed E-state index contributed by atoms with van der Waals surface area (Å²) in [5, 5.41) is 3.39. The number of rotatable bonds is 10. The average Bonchev–Trinajstić information content (AvgIpc) is 2.88. The Bertz CT molecular complexity index is 1360. The molecule has 0 unspecified atom stereocenters. The third-order valence-electron chi connectivity index (χ3n) is 5.58. The van der Waals surface area contributed by atoms with Crippen LogP contribution in [-0.2, 0) is 26.2 Å². The van der Waals surface area contributed by atoms with Crippen molar-refractivity contribution in [2.45, 2.75) is 31.3 Å². The number of benzene rings is 3. The van der Waals surface area contributed by atoms with Crippen LogP contribution in [0.5, 0.6) is 0 Å². The number of hydrogen-bond donors (Lipinski definition) is 1. The number of amides is 2. The second kappa shape index (κ2) is 12.9. The number of anilines is 1. The molecular weight excluding hydrogens is 648 g/mol. The summed E-state index contributed by atoms with van der Waals surface area (Å²) in [6.07, 6.45) is 0. The van der Waals surface area contributed by atoms with Crippen LogP contribution in [-0.4, -0.2) is 44.3 Å².